The van der Waals surface area contributed by atoms with Crippen LogP contribution in [0, 0.1) is 0 Å². The van der Waals surface area contributed by atoms with E-state index in [4.69, 9.17) is 16.3 Å². The second kappa shape index (κ2) is 11.7. The van der Waals surface area contributed by atoms with Crippen LogP contribution in [-0.2, 0) is 21.9 Å². The highest BCUT2D eigenvalue weighted by molar-refractivity contribution is 7.99. The van der Waals surface area contributed by atoms with Crippen LogP contribution in [0.4, 0.5) is 0 Å². The topological polar surface area (TPSA) is 58.6 Å². The van der Waals surface area contributed by atoms with E-state index in [1.54, 1.807) is 19.1 Å². The van der Waals surface area contributed by atoms with Crippen molar-refractivity contribution in [2.24, 2.45) is 0 Å². The van der Waals surface area contributed by atoms with Gasteiger partial charge in [0.15, 0.2) is 0 Å². The molecule has 5 nitrogen and oxygen atoms in total. The number of rotatable bonds is 10. The van der Waals surface area contributed by atoms with Crippen molar-refractivity contribution in [2.75, 3.05) is 19.9 Å². The maximum Gasteiger partial charge on any atom is 0.242 e. The van der Waals surface area contributed by atoms with Gasteiger partial charge in [-0.2, -0.15) is 0 Å². The Labute approximate surface area is 181 Å². The van der Waals surface area contributed by atoms with Crippen LogP contribution in [0.25, 0.3) is 0 Å². The molecule has 0 bridgehead atoms. The number of carbonyl (C=O) groups excluding carboxylic acids is 2. The summed E-state index contributed by atoms with van der Waals surface area (Å²) < 4.78 is 5.28. The Hall–Kier alpha value is -2.18. The monoisotopic (exact) mass is 434 g/mol. The fourth-order valence-corrected chi connectivity index (χ4v) is 4.09. The minimum atomic E-state index is -0.523. The van der Waals surface area contributed by atoms with Gasteiger partial charge in [-0.3, -0.25) is 9.59 Å². The van der Waals surface area contributed by atoms with Gasteiger partial charge in [0.1, 0.15) is 11.8 Å². The smallest absolute Gasteiger partial charge is 0.242 e. The molecular formula is C22H27ClN2O3S. The number of carbonyl (C=O) groups is 2. The number of benzene rings is 2. The fraction of sp³-hybridized carbons (Fsp3) is 0.364. The number of methoxy groups -OCH3 is 1. The molecule has 2 amide bonds. The Bertz CT molecular complexity index is 831. The molecule has 0 aromatic heterocycles. The number of amides is 2. The fourth-order valence-electron chi connectivity index (χ4n) is 3.02. The zero-order valence-corrected chi connectivity index (χ0v) is 18.6. The molecule has 0 aliphatic carbocycles. The van der Waals surface area contributed by atoms with Crippen molar-refractivity contribution in [3.8, 4) is 5.75 Å². The van der Waals surface area contributed by atoms with Gasteiger partial charge >= 0.3 is 0 Å². The standard InChI is InChI=1S/C22H27ClN2O3S/c1-4-20(22(27)24-2)25(13-16-7-6-10-19(12-16)28-3)21(26)15-29-14-17-8-5-9-18(23)11-17/h5-12,20H,4,13-15H2,1-3H3,(H,24,27). The Morgan fingerprint density at radius 2 is 1.90 bits per heavy atom. The largest absolute Gasteiger partial charge is 0.497 e. The van der Waals surface area contributed by atoms with Crippen molar-refractivity contribution < 1.29 is 14.3 Å². The zero-order valence-electron chi connectivity index (χ0n) is 17.0. The van der Waals surface area contributed by atoms with E-state index in [1.807, 2.05) is 55.5 Å². The molecule has 0 aliphatic rings. The first-order chi connectivity index (χ1) is 14.0. The zero-order chi connectivity index (χ0) is 21.2. The van der Waals surface area contributed by atoms with Crippen molar-refractivity contribution in [2.45, 2.75) is 31.7 Å². The molecule has 2 rings (SSSR count). The Morgan fingerprint density at radius 3 is 2.55 bits per heavy atom. The second-order valence-electron chi connectivity index (χ2n) is 6.53. The van der Waals surface area contributed by atoms with Gasteiger partial charge < -0.3 is 15.0 Å². The lowest BCUT2D eigenvalue weighted by atomic mass is 10.1. The SMILES string of the molecule is CCC(C(=O)NC)N(Cc1cccc(OC)c1)C(=O)CSCc1cccc(Cl)c1. The van der Waals surface area contributed by atoms with Gasteiger partial charge in [-0.1, -0.05) is 42.8 Å². The molecule has 0 fully saturated rings. The first kappa shape index (κ1) is 23.1. The van der Waals surface area contributed by atoms with Gasteiger partial charge in [-0.15, -0.1) is 11.8 Å². The third kappa shape index (κ3) is 6.98. The molecule has 1 N–H and O–H groups in total. The van der Waals surface area contributed by atoms with E-state index < -0.39 is 6.04 Å². The molecule has 2 aromatic carbocycles. The summed E-state index contributed by atoms with van der Waals surface area (Å²) in [6, 6.07) is 14.6. The summed E-state index contributed by atoms with van der Waals surface area (Å²) in [5.74, 6) is 1.44. The molecular weight excluding hydrogens is 408 g/mol. The molecule has 0 heterocycles. The predicted molar refractivity (Wildman–Crippen MR) is 119 cm³/mol. The highest BCUT2D eigenvalue weighted by atomic mass is 35.5. The number of hydrogen-bond donors (Lipinski definition) is 1. The summed E-state index contributed by atoms with van der Waals surface area (Å²) >= 11 is 7.53. The van der Waals surface area contributed by atoms with Crippen LogP contribution >= 0.6 is 23.4 Å². The van der Waals surface area contributed by atoms with Gasteiger partial charge in [0, 0.05) is 24.4 Å². The summed E-state index contributed by atoms with van der Waals surface area (Å²) in [7, 11) is 3.20. The minimum Gasteiger partial charge on any atom is -0.497 e. The third-order valence-corrected chi connectivity index (χ3v) is 5.73. The molecule has 156 valence electrons. The molecule has 0 spiro atoms. The lowest BCUT2D eigenvalue weighted by molar-refractivity contribution is -0.139. The molecule has 2 aromatic rings. The molecule has 0 aliphatic heterocycles. The molecule has 0 saturated carbocycles. The molecule has 1 unspecified atom stereocenters. The second-order valence-corrected chi connectivity index (χ2v) is 7.96. The Morgan fingerprint density at radius 1 is 1.17 bits per heavy atom. The summed E-state index contributed by atoms with van der Waals surface area (Å²) in [6.07, 6.45) is 0.536. The number of nitrogens with one attached hydrogen (secondary N) is 1. The average molecular weight is 435 g/mol. The first-order valence-electron chi connectivity index (χ1n) is 9.44. The van der Waals surface area contributed by atoms with Crippen LogP contribution < -0.4 is 10.1 Å². The quantitative estimate of drug-likeness (QED) is 0.610. The van der Waals surface area contributed by atoms with Gasteiger partial charge in [-0.05, 0) is 41.8 Å². The number of nitrogens with zero attached hydrogens (tertiary/aromatic N) is 1. The van der Waals surface area contributed by atoms with Crippen molar-refractivity contribution in [1.29, 1.82) is 0 Å². The van der Waals surface area contributed by atoms with E-state index in [0.717, 1.165) is 16.9 Å². The summed E-state index contributed by atoms with van der Waals surface area (Å²) in [5, 5.41) is 3.35. The lowest BCUT2D eigenvalue weighted by Crippen LogP contribution is -2.48. The van der Waals surface area contributed by atoms with Gasteiger partial charge in [0.05, 0.1) is 12.9 Å². The van der Waals surface area contributed by atoms with Crippen LogP contribution in [0.1, 0.15) is 24.5 Å². The molecule has 7 heteroatoms. The van der Waals surface area contributed by atoms with Crippen LogP contribution in [0.3, 0.4) is 0 Å². The summed E-state index contributed by atoms with van der Waals surface area (Å²) in [6.45, 7) is 2.25. The van der Waals surface area contributed by atoms with Crippen molar-refractivity contribution in [3.05, 3.63) is 64.7 Å². The number of ether oxygens (including phenoxy) is 1. The maximum atomic E-state index is 13.0. The lowest BCUT2D eigenvalue weighted by Gasteiger charge is -2.30. The molecule has 0 saturated heterocycles. The summed E-state index contributed by atoms with van der Waals surface area (Å²) in [4.78, 5) is 27.1. The Kier molecular flexibility index (Phi) is 9.35. The van der Waals surface area contributed by atoms with E-state index in [0.29, 0.717) is 23.7 Å². The van der Waals surface area contributed by atoms with Crippen LogP contribution in [0.15, 0.2) is 48.5 Å². The van der Waals surface area contributed by atoms with E-state index in [2.05, 4.69) is 5.32 Å². The van der Waals surface area contributed by atoms with Crippen LogP contribution in [-0.4, -0.2) is 42.7 Å². The van der Waals surface area contributed by atoms with Crippen molar-refractivity contribution in [3.63, 3.8) is 0 Å². The third-order valence-electron chi connectivity index (χ3n) is 4.50. The number of hydrogen-bond acceptors (Lipinski definition) is 4. The number of likely N-dealkylation sites (N-methyl/N-ethyl adjacent to an activating group) is 1. The number of thioether (sulfide) groups is 1. The van der Waals surface area contributed by atoms with Crippen molar-refractivity contribution in [1.82, 2.24) is 10.2 Å². The van der Waals surface area contributed by atoms with Crippen LogP contribution in [0.2, 0.25) is 5.02 Å². The summed E-state index contributed by atoms with van der Waals surface area (Å²) in [5.41, 5.74) is 1.98. The maximum absolute atomic E-state index is 13.0. The van der Waals surface area contributed by atoms with Crippen molar-refractivity contribution >= 4 is 35.2 Å². The minimum absolute atomic E-state index is 0.0738. The van der Waals surface area contributed by atoms with Gasteiger partial charge in [-0.25, -0.2) is 0 Å². The molecule has 1 atom stereocenters. The Balaban J connectivity index is 2.12. The van der Waals surface area contributed by atoms with E-state index >= 15 is 0 Å². The van der Waals surface area contributed by atoms with Crippen LogP contribution in [0.5, 0.6) is 5.75 Å². The normalized spacial score (nSPS) is 11.6. The van der Waals surface area contributed by atoms with Gasteiger partial charge in [0.2, 0.25) is 11.8 Å². The predicted octanol–water partition coefficient (Wildman–Crippen LogP) is 4.14. The highest BCUT2D eigenvalue weighted by Gasteiger charge is 2.27. The molecule has 29 heavy (non-hydrogen) atoms. The van der Waals surface area contributed by atoms with Gasteiger partial charge in [0.25, 0.3) is 0 Å². The first-order valence-corrected chi connectivity index (χ1v) is 11.0. The van der Waals surface area contributed by atoms with E-state index in [1.165, 1.54) is 11.8 Å². The number of halogens is 1. The van der Waals surface area contributed by atoms with E-state index in [-0.39, 0.29) is 17.6 Å². The molecule has 0 radical (unpaired) electrons. The average Bonchev–Trinajstić information content (AvgIpc) is 2.73. The van der Waals surface area contributed by atoms with E-state index in [9.17, 15) is 9.59 Å². The highest BCUT2D eigenvalue weighted by Crippen LogP contribution is 2.20.